The van der Waals surface area contributed by atoms with Crippen LogP contribution in [0.3, 0.4) is 0 Å². The molecule has 1 unspecified atom stereocenters. The standard InChI is InChI=1S/C22H23BrO7/c1-26-11-12-28-20-9-6-16(13-19(20)23)22(25)30-17-7-4-15(5-8-17)21(24)29-14-18-3-2-10-27-18/h4-9,13,18H,2-3,10-12,14H2,1H3. The van der Waals surface area contributed by atoms with E-state index in [9.17, 15) is 9.59 Å². The second kappa shape index (κ2) is 11.1. The van der Waals surface area contributed by atoms with Gasteiger partial charge in [0.15, 0.2) is 0 Å². The van der Waals surface area contributed by atoms with E-state index in [0.717, 1.165) is 12.8 Å². The molecule has 2 aromatic rings. The maximum atomic E-state index is 12.4. The first-order chi connectivity index (χ1) is 14.6. The molecule has 1 atom stereocenters. The molecule has 1 aliphatic rings. The fourth-order valence-electron chi connectivity index (χ4n) is 2.83. The highest BCUT2D eigenvalue weighted by atomic mass is 79.9. The van der Waals surface area contributed by atoms with Crippen molar-refractivity contribution in [2.45, 2.75) is 18.9 Å². The first kappa shape index (κ1) is 22.3. The molecule has 0 aliphatic carbocycles. The molecule has 0 spiro atoms. The van der Waals surface area contributed by atoms with Gasteiger partial charge >= 0.3 is 11.9 Å². The number of ether oxygens (including phenoxy) is 5. The predicted octanol–water partition coefficient (Wildman–Crippen LogP) is 4.03. The van der Waals surface area contributed by atoms with Gasteiger partial charge in [0.2, 0.25) is 0 Å². The third-order valence-corrected chi connectivity index (χ3v) is 5.06. The van der Waals surface area contributed by atoms with Gasteiger partial charge in [-0.25, -0.2) is 9.59 Å². The maximum Gasteiger partial charge on any atom is 0.343 e. The van der Waals surface area contributed by atoms with Crippen molar-refractivity contribution in [2.75, 3.05) is 33.5 Å². The van der Waals surface area contributed by atoms with Gasteiger partial charge in [0.1, 0.15) is 24.7 Å². The fourth-order valence-corrected chi connectivity index (χ4v) is 3.33. The second-order valence-corrected chi connectivity index (χ2v) is 7.49. The van der Waals surface area contributed by atoms with E-state index in [1.807, 2.05) is 0 Å². The van der Waals surface area contributed by atoms with Gasteiger partial charge in [-0.2, -0.15) is 0 Å². The van der Waals surface area contributed by atoms with Crippen LogP contribution >= 0.6 is 15.9 Å². The van der Waals surface area contributed by atoms with Crippen molar-refractivity contribution in [3.8, 4) is 11.5 Å². The van der Waals surface area contributed by atoms with E-state index < -0.39 is 11.9 Å². The van der Waals surface area contributed by atoms with E-state index in [-0.39, 0.29) is 12.7 Å². The average Bonchev–Trinajstić information content (AvgIpc) is 3.27. The number of carbonyl (C=O) groups excluding carboxylic acids is 2. The zero-order chi connectivity index (χ0) is 21.3. The van der Waals surface area contributed by atoms with Crippen LogP contribution in [0.2, 0.25) is 0 Å². The first-order valence-corrected chi connectivity index (χ1v) is 10.4. The van der Waals surface area contributed by atoms with Gasteiger partial charge in [-0.15, -0.1) is 0 Å². The van der Waals surface area contributed by atoms with Gasteiger partial charge < -0.3 is 23.7 Å². The summed E-state index contributed by atoms with van der Waals surface area (Å²) in [5, 5.41) is 0. The Morgan fingerprint density at radius 3 is 2.50 bits per heavy atom. The minimum atomic E-state index is -0.521. The van der Waals surface area contributed by atoms with Crippen molar-refractivity contribution in [1.82, 2.24) is 0 Å². The Morgan fingerprint density at radius 2 is 1.83 bits per heavy atom. The molecular weight excluding hydrogens is 456 g/mol. The number of halogens is 1. The van der Waals surface area contributed by atoms with Crippen LogP contribution in [0, 0.1) is 0 Å². The molecular formula is C22H23BrO7. The Kier molecular flexibility index (Phi) is 8.24. The van der Waals surface area contributed by atoms with Crippen molar-refractivity contribution in [3.63, 3.8) is 0 Å². The van der Waals surface area contributed by atoms with Crippen LogP contribution < -0.4 is 9.47 Å². The lowest BCUT2D eigenvalue weighted by Gasteiger charge is -2.11. The number of hydrogen-bond acceptors (Lipinski definition) is 7. The molecule has 0 bridgehead atoms. The van der Waals surface area contributed by atoms with Gasteiger partial charge in [0.05, 0.1) is 28.3 Å². The van der Waals surface area contributed by atoms with Crippen LogP contribution in [0.5, 0.6) is 11.5 Å². The van der Waals surface area contributed by atoms with Crippen molar-refractivity contribution in [3.05, 3.63) is 58.1 Å². The third-order valence-electron chi connectivity index (χ3n) is 4.44. The topological polar surface area (TPSA) is 80.3 Å². The van der Waals surface area contributed by atoms with E-state index in [0.29, 0.717) is 46.9 Å². The van der Waals surface area contributed by atoms with Crippen molar-refractivity contribution in [2.24, 2.45) is 0 Å². The smallest absolute Gasteiger partial charge is 0.343 e. The Morgan fingerprint density at radius 1 is 1.07 bits per heavy atom. The fraction of sp³-hybridized carbons (Fsp3) is 0.364. The zero-order valence-corrected chi connectivity index (χ0v) is 18.2. The molecule has 160 valence electrons. The highest BCUT2D eigenvalue weighted by Gasteiger charge is 2.18. The summed E-state index contributed by atoms with van der Waals surface area (Å²) in [6.45, 7) is 1.83. The molecule has 1 fully saturated rings. The highest BCUT2D eigenvalue weighted by Crippen LogP contribution is 2.27. The molecule has 0 amide bonds. The normalized spacial score (nSPS) is 15.6. The molecule has 3 rings (SSSR count). The van der Waals surface area contributed by atoms with Gasteiger partial charge in [-0.3, -0.25) is 0 Å². The van der Waals surface area contributed by atoms with Crippen LogP contribution in [0.1, 0.15) is 33.6 Å². The molecule has 0 N–H and O–H groups in total. The second-order valence-electron chi connectivity index (χ2n) is 6.63. The Labute approximate surface area is 183 Å². The van der Waals surface area contributed by atoms with Gasteiger partial charge in [0.25, 0.3) is 0 Å². The maximum absolute atomic E-state index is 12.4. The molecule has 1 heterocycles. The van der Waals surface area contributed by atoms with Crippen LogP contribution in [0.4, 0.5) is 0 Å². The first-order valence-electron chi connectivity index (χ1n) is 9.59. The number of esters is 2. The zero-order valence-electron chi connectivity index (χ0n) is 16.6. The van der Waals surface area contributed by atoms with Crippen LogP contribution in [-0.4, -0.2) is 51.6 Å². The summed E-state index contributed by atoms with van der Waals surface area (Å²) in [7, 11) is 1.60. The summed E-state index contributed by atoms with van der Waals surface area (Å²) >= 11 is 3.38. The summed E-state index contributed by atoms with van der Waals surface area (Å²) in [6, 6.07) is 11.2. The quantitative estimate of drug-likeness (QED) is 0.305. The van der Waals surface area contributed by atoms with Crippen molar-refractivity contribution >= 4 is 27.9 Å². The van der Waals surface area contributed by atoms with Crippen molar-refractivity contribution in [1.29, 1.82) is 0 Å². The van der Waals surface area contributed by atoms with Gasteiger partial charge in [-0.05, 0) is 71.2 Å². The lowest BCUT2D eigenvalue weighted by atomic mass is 10.2. The van der Waals surface area contributed by atoms with Gasteiger partial charge in [0, 0.05) is 13.7 Å². The third kappa shape index (κ3) is 6.29. The Bertz CT molecular complexity index is 860. The Balaban J connectivity index is 1.53. The van der Waals surface area contributed by atoms with E-state index >= 15 is 0 Å². The molecule has 0 aromatic heterocycles. The van der Waals surface area contributed by atoms with E-state index in [4.69, 9.17) is 23.7 Å². The molecule has 8 heteroatoms. The predicted molar refractivity (Wildman–Crippen MR) is 112 cm³/mol. The van der Waals surface area contributed by atoms with Crippen LogP contribution in [-0.2, 0) is 14.2 Å². The summed E-state index contributed by atoms with van der Waals surface area (Å²) < 4.78 is 27.2. The average molecular weight is 479 g/mol. The van der Waals surface area contributed by atoms with E-state index in [1.165, 1.54) is 0 Å². The molecule has 0 radical (unpaired) electrons. The van der Waals surface area contributed by atoms with E-state index in [2.05, 4.69) is 15.9 Å². The number of carbonyl (C=O) groups is 2. The summed E-state index contributed by atoms with van der Waals surface area (Å²) in [5.74, 6) is -0.0223. The van der Waals surface area contributed by atoms with Crippen molar-refractivity contribution < 1.29 is 33.3 Å². The van der Waals surface area contributed by atoms with Gasteiger partial charge in [-0.1, -0.05) is 0 Å². The van der Waals surface area contributed by atoms with Crippen LogP contribution in [0.15, 0.2) is 46.9 Å². The number of benzene rings is 2. The summed E-state index contributed by atoms with van der Waals surface area (Å²) in [6.07, 6.45) is 1.87. The lowest BCUT2D eigenvalue weighted by molar-refractivity contribution is 0.0161. The SMILES string of the molecule is COCCOc1ccc(C(=O)Oc2ccc(C(=O)OCC3CCCO3)cc2)cc1Br. The molecule has 7 nitrogen and oxygen atoms in total. The number of hydrogen-bond donors (Lipinski definition) is 0. The monoisotopic (exact) mass is 478 g/mol. The van der Waals surface area contributed by atoms with Crippen LogP contribution in [0.25, 0.3) is 0 Å². The summed E-state index contributed by atoms with van der Waals surface area (Å²) in [5.41, 5.74) is 0.745. The molecule has 1 aliphatic heterocycles. The molecule has 2 aromatic carbocycles. The number of rotatable bonds is 9. The molecule has 0 saturated carbocycles. The summed E-state index contributed by atoms with van der Waals surface area (Å²) in [4.78, 5) is 24.5. The largest absolute Gasteiger partial charge is 0.490 e. The number of methoxy groups -OCH3 is 1. The minimum absolute atomic E-state index is 0.0229. The lowest BCUT2D eigenvalue weighted by Crippen LogP contribution is -2.17. The molecule has 30 heavy (non-hydrogen) atoms. The molecule has 1 saturated heterocycles. The van der Waals surface area contributed by atoms with E-state index in [1.54, 1.807) is 49.6 Å². The minimum Gasteiger partial charge on any atom is -0.490 e. The Hall–Kier alpha value is -2.42. The highest BCUT2D eigenvalue weighted by molar-refractivity contribution is 9.10.